The minimum Gasteiger partial charge on any atom is -0.337 e. The second-order valence-corrected chi connectivity index (χ2v) is 5.21. The van der Waals surface area contributed by atoms with Gasteiger partial charge in [0.05, 0.1) is 6.04 Å². The number of aryl methyl sites for hydroxylation is 2. The van der Waals surface area contributed by atoms with E-state index in [1.54, 1.807) is 0 Å². The standard InChI is InChI=1S/C16H23N3/c1-13(9-10-15-7-5-4-6-8-15)18-14(2)16-17-11-12-19(16)3/h4-8,11-14,18H,9-10H2,1-3H3. The van der Waals surface area contributed by atoms with Crippen LogP contribution in [0.15, 0.2) is 42.7 Å². The minimum absolute atomic E-state index is 0.283. The molecule has 2 unspecified atom stereocenters. The van der Waals surface area contributed by atoms with Crippen LogP contribution in [0.4, 0.5) is 0 Å². The average molecular weight is 257 g/mol. The second kappa shape index (κ2) is 6.53. The van der Waals surface area contributed by atoms with E-state index in [4.69, 9.17) is 0 Å². The van der Waals surface area contributed by atoms with Crippen molar-refractivity contribution in [2.24, 2.45) is 7.05 Å². The molecule has 102 valence electrons. The first-order valence-electron chi connectivity index (χ1n) is 6.94. The molecule has 2 aromatic rings. The highest BCUT2D eigenvalue weighted by atomic mass is 15.1. The van der Waals surface area contributed by atoms with Crippen molar-refractivity contribution in [3.05, 3.63) is 54.1 Å². The Labute approximate surface area is 115 Å². The predicted octanol–water partition coefficient (Wildman–Crippen LogP) is 3.09. The van der Waals surface area contributed by atoms with Crippen LogP contribution in [0, 0.1) is 0 Å². The number of imidazole rings is 1. The highest BCUT2D eigenvalue weighted by Gasteiger charge is 2.12. The van der Waals surface area contributed by atoms with E-state index in [9.17, 15) is 0 Å². The molecule has 3 heteroatoms. The fourth-order valence-electron chi connectivity index (χ4n) is 2.41. The van der Waals surface area contributed by atoms with Crippen LogP contribution in [-0.2, 0) is 13.5 Å². The fourth-order valence-corrected chi connectivity index (χ4v) is 2.41. The van der Waals surface area contributed by atoms with Crippen LogP contribution >= 0.6 is 0 Å². The highest BCUT2D eigenvalue weighted by molar-refractivity contribution is 5.14. The van der Waals surface area contributed by atoms with Crippen molar-refractivity contribution < 1.29 is 0 Å². The number of benzene rings is 1. The van der Waals surface area contributed by atoms with Gasteiger partial charge in [-0.2, -0.15) is 0 Å². The summed E-state index contributed by atoms with van der Waals surface area (Å²) in [4.78, 5) is 4.39. The number of nitrogens with one attached hydrogen (secondary N) is 1. The van der Waals surface area contributed by atoms with E-state index in [1.165, 1.54) is 5.56 Å². The van der Waals surface area contributed by atoms with Crippen molar-refractivity contribution in [1.82, 2.24) is 14.9 Å². The topological polar surface area (TPSA) is 29.9 Å². The first-order chi connectivity index (χ1) is 9.16. The molecule has 0 aliphatic heterocycles. The zero-order valence-electron chi connectivity index (χ0n) is 12.0. The molecule has 0 bridgehead atoms. The molecule has 0 saturated heterocycles. The third-order valence-electron chi connectivity index (χ3n) is 3.49. The van der Waals surface area contributed by atoms with Gasteiger partial charge >= 0.3 is 0 Å². The van der Waals surface area contributed by atoms with Crippen LogP contribution in [0.2, 0.25) is 0 Å². The van der Waals surface area contributed by atoms with Crippen molar-refractivity contribution in [2.45, 2.75) is 38.8 Å². The largest absolute Gasteiger partial charge is 0.337 e. The maximum absolute atomic E-state index is 4.39. The predicted molar refractivity (Wildman–Crippen MR) is 79.0 cm³/mol. The van der Waals surface area contributed by atoms with E-state index in [-0.39, 0.29) is 6.04 Å². The van der Waals surface area contributed by atoms with Gasteiger partial charge in [-0.15, -0.1) is 0 Å². The summed E-state index contributed by atoms with van der Waals surface area (Å²) >= 11 is 0. The van der Waals surface area contributed by atoms with E-state index < -0.39 is 0 Å². The Bertz CT molecular complexity index is 490. The van der Waals surface area contributed by atoms with Gasteiger partial charge in [0.1, 0.15) is 5.82 Å². The summed E-state index contributed by atoms with van der Waals surface area (Å²) in [5.41, 5.74) is 1.40. The van der Waals surface area contributed by atoms with Gasteiger partial charge in [0.2, 0.25) is 0 Å². The van der Waals surface area contributed by atoms with Crippen molar-refractivity contribution in [1.29, 1.82) is 0 Å². The lowest BCUT2D eigenvalue weighted by Crippen LogP contribution is -2.30. The van der Waals surface area contributed by atoms with E-state index in [1.807, 2.05) is 19.4 Å². The number of aromatic nitrogens is 2. The lowest BCUT2D eigenvalue weighted by atomic mass is 10.1. The van der Waals surface area contributed by atoms with Gasteiger partial charge in [0.15, 0.2) is 0 Å². The molecule has 19 heavy (non-hydrogen) atoms. The quantitative estimate of drug-likeness (QED) is 0.862. The summed E-state index contributed by atoms with van der Waals surface area (Å²) in [6.45, 7) is 4.41. The van der Waals surface area contributed by atoms with Crippen LogP contribution in [0.5, 0.6) is 0 Å². The van der Waals surface area contributed by atoms with E-state index in [0.29, 0.717) is 6.04 Å². The summed E-state index contributed by atoms with van der Waals surface area (Å²) < 4.78 is 2.07. The van der Waals surface area contributed by atoms with Crippen molar-refractivity contribution in [3.8, 4) is 0 Å². The summed E-state index contributed by atoms with van der Waals surface area (Å²) in [6, 6.07) is 11.4. The van der Waals surface area contributed by atoms with Gasteiger partial charge in [-0.3, -0.25) is 0 Å². The molecular weight excluding hydrogens is 234 g/mol. The third-order valence-corrected chi connectivity index (χ3v) is 3.49. The monoisotopic (exact) mass is 257 g/mol. The van der Waals surface area contributed by atoms with E-state index >= 15 is 0 Å². The van der Waals surface area contributed by atoms with Crippen LogP contribution in [-0.4, -0.2) is 15.6 Å². The number of rotatable bonds is 6. The number of hydrogen-bond acceptors (Lipinski definition) is 2. The average Bonchev–Trinajstić information content (AvgIpc) is 2.84. The zero-order chi connectivity index (χ0) is 13.7. The van der Waals surface area contributed by atoms with Crippen molar-refractivity contribution >= 4 is 0 Å². The van der Waals surface area contributed by atoms with Crippen LogP contribution in [0.1, 0.15) is 37.7 Å². The molecule has 1 heterocycles. The normalized spacial score (nSPS) is 14.3. The maximum Gasteiger partial charge on any atom is 0.125 e. The smallest absolute Gasteiger partial charge is 0.125 e. The summed E-state index contributed by atoms with van der Waals surface area (Å²) in [7, 11) is 2.04. The van der Waals surface area contributed by atoms with Gasteiger partial charge in [-0.1, -0.05) is 30.3 Å². The Morgan fingerprint density at radius 1 is 1.21 bits per heavy atom. The van der Waals surface area contributed by atoms with Gasteiger partial charge in [-0.05, 0) is 32.3 Å². The Hall–Kier alpha value is -1.61. The molecule has 1 N–H and O–H groups in total. The second-order valence-electron chi connectivity index (χ2n) is 5.21. The molecule has 0 fully saturated rings. The summed E-state index contributed by atoms with van der Waals surface area (Å²) in [6.07, 6.45) is 6.09. The Morgan fingerprint density at radius 2 is 1.95 bits per heavy atom. The van der Waals surface area contributed by atoms with Crippen LogP contribution in [0.25, 0.3) is 0 Å². The molecule has 2 rings (SSSR count). The SMILES string of the molecule is CC(CCc1ccccc1)NC(C)c1nccn1C. The summed E-state index contributed by atoms with van der Waals surface area (Å²) in [5.74, 6) is 1.09. The molecule has 0 saturated carbocycles. The lowest BCUT2D eigenvalue weighted by molar-refractivity contribution is 0.436. The third kappa shape index (κ3) is 3.93. The number of nitrogens with zero attached hydrogens (tertiary/aromatic N) is 2. The molecular formula is C16H23N3. The lowest BCUT2D eigenvalue weighted by Gasteiger charge is -2.19. The molecule has 1 aromatic heterocycles. The Kier molecular flexibility index (Phi) is 4.74. The molecule has 0 radical (unpaired) electrons. The van der Waals surface area contributed by atoms with E-state index in [2.05, 4.69) is 59.0 Å². The van der Waals surface area contributed by atoms with Gasteiger partial charge in [0.25, 0.3) is 0 Å². The molecule has 3 nitrogen and oxygen atoms in total. The zero-order valence-corrected chi connectivity index (χ0v) is 12.0. The van der Waals surface area contributed by atoms with Crippen LogP contribution < -0.4 is 5.32 Å². The molecule has 2 atom stereocenters. The molecule has 0 aliphatic carbocycles. The fraction of sp³-hybridized carbons (Fsp3) is 0.438. The van der Waals surface area contributed by atoms with Crippen molar-refractivity contribution in [3.63, 3.8) is 0 Å². The molecule has 0 spiro atoms. The van der Waals surface area contributed by atoms with Gasteiger partial charge in [-0.25, -0.2) is 4.98 Å². The first-order valence-corrected chi connectivity index (χ1v) is 6.94. The van der Waals surface area contributed by atoms with Crippen LogP contribution in [0.3, 0.4) is 0 Å². The first kappa shape index (κ1) is 13.8. The summed E-state index contributed by atoms with van der Waals surface area (Å²) in [5, 5.41) is 3.61. The van der Waals surface area contributed by atoms with Gasteiger partial charge < -0.3 is 9.88 Å². The molecule has 0 amide bonds. The van der Waals surface area contributed by atoms with Gasteiger partial charge in [0, 0.05) is 25.5 Å². The van der Waals surface area contributed by atoms with E-state index in [0.717, 1.165) is 18.7 Å². The highest BCUT2D eigenvalue weighted by Crippen LogP contribution is 2.12. The maximum atomic E-state index is 4.39. The van der Waals surface area contributed by atoms with Crippen molar-refractivity contribution in [2.75, 3.05) is 0 Å². The number of hydrogen-bond donors (Lipinski definition) is 1. The Morgan fingerprint density at radius 3 is 2.58 bits per heavy atom. The molecule has 1 aromatic carbocycles. The minimum atomic E-state index is 0.283. The Balaban J connectivity index is 1.81. The molecule has 0 aliphatic rings.